The van der Waals surface area contributed by atoms with Crippen LogP contribution in [0.25, 0.3) is 0 Å². The standard InChI is InChI=1S/C6H17N5O6/c7-12-1-2-3(14-8)4(15-9)5(16-10)6(13-2)17-11/h2-6H,1,7-11H2/t2-,3-,4+,5-,6+/m1/s1. The molecule has 0 unspecified atom stereocenters. The van der Waals surface area contributed by atoms with Crippen molar-refractivity contribution in [3.63, 3.8) is 0 Å². The zero-order valence-electron chi connectivity index (χ0n) is 8.93. The van der Waals surface area contributed by atoms with E-state index >= 15 is 0 Å². The van der Waals surface area contributed by atoms with Crippen molar-refractivity contribution >= 4 is 0 Å². The molecule has 10 N–H and O–H groups in total. The summed E-state index contributed by atoms with van der Waals surface area (Å²) in [5.74, 6) is 25.3. The normalized spacial score (nSPS) is 38.3. The third-order valence-electron chi connectivity index (χ3n) is 2.46. The molecule has 102 valence electrons. The van der Waals surface area contributed by atoms with E-state index < -0.39 is 30.7 Å². The quantitative estimate of drug-likeness (QED) is 0.293. The summed E-state index contributed by atoms with van der Waals surface area (Å²) in [6.45, 7) is -0.0428. The third kappa shape index (κ3) is 3.06. The molecule has 1 saturated heterocycles. The monoisotopic (exact) mass is 255 g/mol. The fourth-order valence-corrected chi connectivity index (χ4v) is 1.68. The molecule has 11 nitrogen and oxygen atoms in total. The first-order chi connectivity index (χ1) is 8.23. The van der Waals surface area contributed by atoms with Gasteiger partial charge in [-0.2, -0.15) is 0 Å². The molecular weight excluding hydrogens is 238 g/mol. The van der Waals surface area contributed by atoms with E-state index in [1.807, 2.05) is 0 Å². The summed E-state index contributed by atoms with van der Waals surface area (Å²) in [5, 5.41) is 0. The average molecular weight is 255 g/mol. The fourth-order valence-electron chi connectivity index (χ4n) is 1.68. The Hall–Kier alpha value is -0.440. The molecule has 0 aromatic rings. The van der Waals surface area contributed by atoms with Gasteiger partial charge in [0.2, 0.25) is 6.29 Å². The van der Waals surface area contributed by atoms with Crippen molar-refractivity contribution in [1.29, 1.82) is 0 Å². The van der Waals surface area contributed by atoms with Gasteiger partial charge in [0.15, 0.2) is 6.10 Å². The molecule has 0 spiro atoms. The predicted molar refractivity (Wildman–Crippen MR) is 51.3 cm³/mol. The van der Waals surface area contributed by atoms with Gasteiger partial charge in [-0.15, -0.1) is 0 Å². The second kappa shape index (κ2) is 7.10. The molecular formula is C6H17N5O6. The van der Waals surface area contributed by atoms with Crippen molar-refractivity contribution in [2.75, 3.05) is 6.61 Å². The summed E-state index contributed by atoms with van der Waals surface area (Å²) in [6.07, 6.45) is -4.35. The molecule has 0 bridgehead atoms. The minimum absolute atomic E-state index is 0.0428. The molecule has 11 heteroatoms. The van der Waals surface area contributed by atoms with Crippen LogP contribution >= 0.6 is 0 Å². The molecule has 1 aliphatic rings. The summed E-state index contributed by atoms with van der Waals surface area (Å²) >= 11 is 0. The molecule has 1 rings (SSSR count). The fraction of sp³-hybridized carbons (Fsp3) is 1.00. The van der Waals surface area contributed by atoms with Crippen LogP contribution in [0.5, 0.6) is 0 Å². The highest BCUT2D eigenvalue weighted by molar-refractivity contribution is 4.91. The highest BCUT2D eigenvalue weighted by atomic mass is 16.8. The van der Waals surface area contributed by atoms with Gasteiger partial charge >= 0.3 is 0 Å². The van der Waals surface area contributed by atoms with Gasteiger partial charge < -0.3 is 9.57 Å². The Balaban J connectivity index is 2.84. The summed E-state index contributed by atoms with van der Waals surface area (Å²) in [6, 6.07) is 0. The van der Waals surface area contributed by atoms with Crippen LogP contribution in [-0.2, 0) is 28.9 Å². The molecule has 0 aromatic carbocycles. The van der Waals surface area contributed by atoms with Crippen LogP contribution in [0.1, 0.15) is 0 Å². The molecule has 1 fully saturated rings. The molecule has 0 saturated carbocycles. The van der Waals surface area contributed by atoms with Crippen molar-refractivity contribution in [2.24, 2.45) is 29.5 Å². The minimum atomic E-state index is -1.03. The predicted octanol–water partition coefficient (Wildman–Crippen LogP) is -3.73. The Kier molecular flexibility index (Phi) is 6.10. The maximum Gasteiger partial charge on any atom is 0.208 e. The summed E-state index contributed by atoms with van der Waals surface area (Å²) in [7, 11) is 0. The van der Waals surface area contributed by atoms with Crippen LogP contribution in [0.15, 0.2) is 0 Å². The first-order valence-electron chi connectivity index (χ1n) is 4.62. The van der Waals surface area contributed by atoms with Crippen LogP contribution in [-0.4, -0.2) is 37.3 Å². The van der Waals surface area contributed by atoms with E-state index in [-0.39, 0.29) is 6.61 Å². The van der Waals surface area contributed by atoms with Gasteiger partial charge in [-0.3, -0.25) is 19.4 Å². The van der Waals surface area contributed by atoms with Gasteiger partial charge in [0, 0.05) is 0 Å². The summed E-state index contributed by atoms with van der Waals surface area (Å²) in [5.41, 5.74) is 0. The smallest absolute Gasteiger partial charge is 0.208 e. The van der Waals surface area contributed by atoms with Crippen molar-refractivity contribution in [2.45, 2.75) is 30.7 Å². The van der Waals surface area contributed by atoms with Crippen LogP contribution < -0.4 is 29.5 Å². The lowest BCUT2D eigenvalue weighted by atomic mass is 9.99. The minimum Gasteiger partial charge on any atom is -0.340 e. The Morgan fingerprint density at radius 2 is 1.35 bits per heavy atom. The maximum absolute atomic E-state index is 5.32. The van der Waals surface area contributed by atoms with Gasteiger partial charge in [0.05, 0.1) is 6.61 Å². The maximum atomic E-state index is 5.32. The van der Waals surface area contributed by atoms with Crippen LogP contribution in [0.3, 0.4) is 0 Å². The highest BCUT2D eigenvalue weighted by Gasteiger charge is 2.49. The zero-order valence-corrected chi connectivity index (χ0v) is 8.93. The van der Waals surface area contributed by atoms with Gasteiger partial charge in [-0.1, -0.05) is 0 Å². The first kappa shape index (κ1) is 14.6. The highest BCUT2D eigenvalue weighted by Crippen LogP contribution is 2.25. The lowest BCUT2D eigenvalue weighted by molar-refractivity contribution is -0.327. The number of rotatable bonds is 6. The van der Waals surface area contributed by atoms with Crippen LogP contribution in [0.2, 0.25) is 0 Å². The Labute approximate surface area is 96.7 Å². The zero-order chi connectivity index (χ0) is 12.8. The van der Waals surface area contributed by atoms with Crippen LogP contribution in [0, 0.1) is 0 Å². The Morgan fingerprint density at radius 1 is 0.765 bits per heavy atom. The van der Waals surface area contributed by atoms with Crippen molar-refractivity contribution in [3.8, 4) is 0 Å². The Morgan fingerprint density at radius 3 is 1.76 bits per heavy atom. The van der Waals surface area contributed by atoms with Gasteiger partial charge in [-0.25, -0.2) is 29.5 Å². The lowest BCUT2D eigenvalue weighted by Gasteiger charge is -2.41. The molecule has 1 heterocycles. The summed E-state index contributed by atoms with van der Waals surface area (Å²) in [4.78, 5) is 23.0. The van der Waals surface area contributed by atoms with E-state index in [9.17, 15) is 0 Å². The molecule has 0 radical (unpaired) electrons. The topological polar surface area (TPSA) is 185 Å². The van der Waals surface area contributed by atoms with Crippen molar-refractivity contribution < 1.29 is 28.9 Å². The number of nitrogens with two attached hydrogens (primary N) is 5. The molecule has 0 amide bonds. The van der Waals surface area contributed by atoms with E-state index in [0.29, 0.717) is 0 Å². The second-order valence-corrected chi connectivity index (χ2v) is 3.31. The van der Waals surface area contributed by atoms with Crippen molar-refractivity contribution in [1.82, 2.24) is 0 Å². The molecule has 1 aliphatic heterocycles. The number of hydrogen-bond acceptors (Lipinski definition) is 11. The molecule has 0 aromatic heterocycles. The lowest BCUT2D eigenvalue weighted by Crippen LogP contribution is -2.64. The third-order valence-corrected chi connectivity index (χ3v) is 2.46. The van der Waals surface area contributed by atoms with Crippen molar-refractivity contribution in [3.05, 3.63) is 0 Å². The number of ether oxygens (including phenoxy) is 1. The van der Waals surface area contributed by atoms with Gasteiger partial charge in [0.1, 0.15) is 18.3 Å². The number of hydrogen-bond donors (Lipinski definition) is 5. The van der Waals surface area contributed by atoms with Crippen LogP contribution in [0.4, 0.5) is 0 Å². The van der Waals surface area contributed by atoms with E-state index in [1.165, 1.54) is 0 Å². The average Bonchev–Trinajstić information content (AvgIpc) is 2.37. The van der Waals surface area contributed by atoms with E-state index in [4.69, 9.17) is 34.2 Å². The van der Waals surface area contributed by atoms with E-state index in [2.05, 4.69) is 24.2 Å². The molecule has 5 atom stereocenters. The second-order valence-electron chi connectivity index (χ2n) is 3.31. The molecule has 17 heavy (non-hydrogen) atoms. The SMILES string of the molecule is NOC[C@H]1O[C@@H](ON)[C@H](ON)[C@@H](ON)[C@@H]1ON. The van der Waals surface area contributed by atoms with Gasteiger partial charge in [-0.05, 0) is 0 Å². The Bertz CT molecular complexity index is 223. The van der Waals surface area contributed by atoms with E-state index in [0.717, 1.165) is 0 Å². The largest absolute Gasteiger partial charge is 0.340 e. The summed E-state index contributed by atoms with van der Waals surface area (Å²) < 4.78 is 5.32. The first-order valence-corrected chi connectivity index (χ1v) is 4.62. The van der Waals surface area contributed by atoms with Gasteiger partial charge in [0.25, 0.3) is 0 Å². The van der Waals surface area contributed by atoms with E-state index in [1.54, 1.807) is 0 Å². The molecule has 0 aliphatic carbocycles.